The van der Waals surface area contributed by atoms with Crippen molar-refractivity contribution >= 4 is 11.9 Å². The molecule has 0 saturated heterocycles. The number of hydrogen-bond acceptors (Lipinski definition) is 4. The van der Waals surface area contributed by atoms with Gasteiger partial charge in [-0.25, -0.2) is 4.68 Å². The fourth-order valence-electron chi connectivity index (χ4n) is 4.40. The van der Waals surface area contributed by atoms with E-state index >= 15 is 0 Å². The summed E-state index contributed by atoms with van der Waals surface area (Å²) in [7, 11) is 1.99. The molecular weight excluding hydrogens is 364 g/mol. The van der Waals surface area contributed by atoms with E-state index in [9.17, 15) is 4.79 Å². The standard InChI is InChI=1S/C22H28N6O/c1-14-12-18(20-15(2)25-27(4)16(20)3)13-28-21(14)24-22(26-28)23-19(29)11-10-17-8-6-5-7-9-17/h5-9,14,18H,10-13H2,1-4H3,(H,23,26,29). The second-order valence-corrected chi connectivity index (χ2v) is 8.05. The Labute approximate surface area is 171 Å². The second-order valence-electron chi connectivity index (χ2n) is 8.05. The summed E-state index contributed by atoms with van der Waals surface area (Å²) in [5.41, 5.74) is 4.75. The molecule has 1 aliphatic heterocycles. The van der Waals surface area contributed by atoms with E-state index in [2.05, 4.69) is 41.3 Å². The maximum Gasteiger partial charge on any atom is 0.248 e. The van der Waals surface area contributed by atoms with E-state index in [0.717, 1.165) is 30.0 Å². The zero-order chi connectivity index (χ0) is 20.5. The molecule has 2 unspecified atom stereocenters. The van der Waals surface area contributed by atoms with Crippen LogP contribution < -0.4 is 5.32 Å². The molecule has 2 atom stereocenters. The molecule has 7 nitrogen and oxygen atoms in total. The zero-order valence-corrected chi connectivity index (χ0v) is 17.5. The predicted molar refractivity (Wildman–Crippen MR) is 112 cm³/mol. The maximum absolute atomic E-state index is 12.3. The molecule has 4 rings (SSSR count). The smallest absolute Gasteiger partial charge is 0.248 e. The van der Waals surface area contributed by atoms with Gasteiger partial charge in [0.2, 0.25) is 11.9 Å². The number of amides is 1. The number of benzene rings is 1. The van der Waals surface area contributed by atoms with Crippen LogP contribution in [0.2, 0.25) is 0 Å². The molecule has 1 amide bonds. The van der Waals surface area contributed by atoms with Gasteiger partial charge in [-0.2, -0.15) is 10.1 Å². The lowest BCUT2D eigenvalue weighted by molar-refractivity contribution is -0.116. The van der Waals surface area contributed by atoms with E-state index in [1.807, 2.05) is 46.7 Å². The van der Waals surface area contributed by atoms with E-state index in [1.165, 1.54) is 11.3 Å². The van der Waals surface area contributed by atoms with Gasteiger partial charge in [0.1, 0.15) is 5.82 Å². The van der Waals surface area contributed by atoms with Crippen LogP contribution in [0.5, 0.6) is 0 Å². The van der Waals surface area contributed by atoms with Crippen LogP contribution in [0.1, 0.15) is 59.9 Å². The third-order valence-corrected chi connectivity index (χ3v) is 5.88. The molecular formula is C22H28N6O. The van der Waals surface area contributed by atoms with Crippen LogP contribution in [0.25, 0.3) is 0 Å². The minimum Gasteiger partial charge on any atom is -0.293 e. The van der Waals surface area contributed by atoms with Crippen LogP contribution in [0.3, 0.4) is 0 Å². The van der Waals surface area contributed by atoms with Gasteiger partial charge < -0.3 is 0 Å². The molecule has 152 valence electrons. The van der Waals surface area contributed by atoms with Crippen molar-refractivity contribution in [2.24, 2.45) is 7.05 Å². The lowest BCUT2D eigenvalue weighted by Crippen LogP contribution is -2.23. The van der Waals surface area contributed by atoms with Gasteiger partial charge in [-0.05, 0) is 32.3 Å². The Morgan fingerprint density at radius 1 is 1.21 bits per heavy atom. The van der Waals surface area contributed by atoms with Gasteiger partial charge in [0, 0.05) is 36.6 Å². The van der Waals surface area contributed by atoms with Gasteiger partial charge in [-0.3, -0.25) is 14.8 Å². The molecule has 1 N–H and O–H groups in total. The summed E-state index contributed by atoms with van der Waals surface area (Å²) in [4.78, 5) is 17.0. The van der Waals surface area contributed by atoms with Gasteiger partial charge in [0.05, 0.1) is 12.2 Å². The van der Waals surface area contributed by atoms with Gasteiger partial charge in [-0.15, -0.1) is 5.10 Å². The number of nitrogens with one attached hydrogen (secondary N) is 1. The minimum absolute atomic E-state index is 0.0556. The lowest BCUT2D eigenvalue weighted by Gasteiger charge is -2.27. The number of aryl methyl sites for hydroxylation is 3. The van der Waals surface area contributed by atoms with Crippen molar-refractivity contribution in [2.45, 2.75) is 58.4 Å². The van der Waals surface area contributed by atoms with Gasteiger partial charge in [-0.1, -0.05) is 37.3 Å². The van der Waals surface area contributed by atoms with Crippen molar-refractivity contribution in [1.82, 2.24) is 24.5 Å². The first-order valence-corrected chi connectivity index (χ1v) is 10.2. The highest BCUT2D eigenvalue weighted by molar-refractivity contribution is 5.89. The number of fused-ring (bicyclic) bond motifs is 1. The quantitative estimate of drug-likeness (QED) is 0.721. The molecule has 2 aromatic heterocycles. The summed E-state index contributed by atoms with van der Waals surface area (Å²) >= 11 is 0. The molecule has 3 heterocycles. The van der Waals surface area contributed by atoms with Crippen LogP contribution in [0.15, 0.2) is 30.3 Å². The van der Waals surface area contributed by atoms with Gasteiger partial charge in [0.15, 0.2) is 0 Å². The Balaban J connectivity index is 1.45. The number of rotatable bonds is 5. The summed E-state index contributed by atoms with van der Waals surface area (Å²) in [6.07, 6.45) is 2.13. The lowest BCUT2D eigenvalue weighted by atomic mass is 9.85. The predicted octanol–water partition coefficient (Wildman–Crippen LogP) is 3.49. The number of aromatic nitrogens is 5. The Bertz CT molecular complexity index is 1020. The number of anilines is 1. The Kier molecular flexibility index (Phi) is 5.22. The number of nitrogens with zero attached hydrogens (tertiary/aromatic N) is 5. The maximum atomic E-state index is 12.3. The van der Waals surface area contributed by atoms with Crippen molar-refractivity contribution in [3.63, 3.8) is 0 Å². The normalized spacial score (nSPS) is 18.5. The summed E-state index contributed by atoms with van der Waals surface area (Å²) in [5, 5.41) is 12.0. The van der Waals surface area contributed by atoms with Gasteiger partial charge in [0.25, 0.3) is 0 Å². The molecule has 0 aliphatic carbocycles. The highest BCUT2D eigenvalue weighted by Crippen LogP contribution is 2.37. The number of hydrogen-bond donors (Lipinski definition) is 1. The number of carbonyl (C=O) groups excluding carboxylic acids is 1. The van der Waals surface area contributed by atoms with Crippen LogP contribution in [-0.2, 0) is 24.8 Å². The topological polar surface area (TPSA) is 77.6 Å². The fraction of sp³-hybridized carbons (Fsp3) is 0.455. The van der Waals surface area contributed by atoms with Crippen LogP contribution in [-0.4, -0.2) is 30.5 Å². The first kappa shape index (κ1) is 19.4. The Morgan fingerprint density at radius 2 is 1.97 bits per heavy atom. The zero-order valence-electron chi connectivity index (χ0n) is 17.5. The molecule has 0 bridgehead atoms. The molecule has 0 spiro atoms. The van der Waals surface area contributed by atoms with E-state index in [-0.39, 0.29) is 11.8 Å². The number of carbonyl (C=O) groups is 1. The molecule has 0 radical (unpaired) electrons. The van der Waals surface area contributed by atoms with Crippen molar-refractivity contribution < 1.29 is 4.79 Å². The molecule has 1 aromatic carbocycles. The van der Waals surface area contributed by atoms with Crippen LogP contribution in [0.4, 0.5) is 5.95 Å². The van der Waals surface area contributed by atoms with Crippen LogP contribution >= 0.6 is 0 Å². The molecule has 3 aromatic rings. The third-order valence-electron chi connectivity index (χ3n) is 5.88. The fourth-order valence-corrected chi connectivity index (χ4v) is 4.40. The monoisotopic (exact) mass is 392 g/mol. The Morgan fingerprint density at radius 3 is 2.66 bits per heavy atom. The molecule has 0 saturated carbocycles. The third kappa shape index (κ3) is 3.95. The van der Waals surface area contributed by atoms with Crippen molar-refractivity contribution in [3.8, 4) is 0 Å². The van der Waals surface area contributed by atoms with Crippen LogP contribution in [0, 0.1) is 13.8 Å². The summed E-state index contributed by atoms with van der Waals surface area (Å²) in [6, 6.07) is 10.0. The SMILES string of the molecule is Cc1nn(C)c(C)c1C1CC(C)c2nc(NC(=O)CCc3ccccc3)nn2C1. The summed E-state index contributed by atoms with van der Waals surface area (Å²) in [5.74, 6) is 1.92. The van der Waals surface area contributed by atoms with E-state index < -0.39 is 0 Å². The average Bonchev–Trinajstić information content (AvgIpc) is 3.21. The summed E-state index contributed by atoms with van der Waals surface area (Å²) < 4.78 is 3.90. The van der Waals surface area contributed by atoms with Gasteiger partial charge >= 0.3 is 0 Å². The second kappa shape index (κ2) is 7.81. The molecule has 7 heteroatoms. The first-order chi connectivity index (χ1) is 13.9. The minimum atomic E-state index is -0.0556. The van der Waals surface area contributed by atoms with Crippen molar-refractivity contribution in [1.29, 1.82) is 0 Å². The molecule has 29 heavy (non-hydrogen) atoms. The largest absolute Gasteiger partial charge is 0.293 e. The van der Waals surface area contributed by atoms with Crippen molar-refractivity contribution in [2.75, 3.05) is 5.32 Å². The van der Waals surface area contributed by atoms with E-state index in [4.69, 9.17) is 0 Å². The summed E-state index contributed by atoms with van der Waals surface area (Å²) in [6.45, 7) is 7.13. The highest BCUT2D eigenvalue weighted by Gasteiger charge is 2.31. The Hall–Kier alpha value is -2.96. The molecule has 0 fully saturated rings. The van der Waals surface area contributed by atoms with Crippen molar-refractivity contribution in [3.05, 3.63) is 58.7 Å². The molecule has 1 aliphatic rings. The highest BCUT2D eigenvalue weighted by atomic mass is 16.1. The first-order valence-electron chi connectivity index (χ1n) is 10.2. The van der Waals surface area contributed by atoms with E-state index in [1.54, 1.807) is 0 Å². The average molecular weight is 393 g/mol. The van der Waals surface area contributed by atoms with E-state index in [0.29, 0.717) is 24.7 Å².